The SMILES string of the molecule is COC(=O)C[C@H]1CCn2c1cc1c(Br)cc(F)cc12. The van der Waals surface area contributed by atoms with Gasteiger partial charge in [0.2, 0.25) is 0 Å². The Hall–Kier alpha value is -1.36. The van der Waals surface area contributed by atoms with E-state index in [0.717, 1.165) is 34.0 Å². The summed E-state index contributed by atoms with van der Waals surface area (Å²) >= 11 is 3.39. The van der Waals surface area contributed by atoms with Gasteiger partial charge in [-0.2, -0.15) is 0 Å². The minimum Gasteiger partial charge on any atom is -0.469 e. The number of carbonyl (C=O) groups is 1. The largest absolute Gasteiger partial charge is 0.469 e. The number of nitrogens with zero attached hydrogens (tertiary/aromatic N) is 1. The van der Waals surface area contributed by atoms with Gasteiger partial charge < -0.3 is 9.30 Å². The monoisotopic (exact) mass is 325 g/mol. The zero-order valence-corrected chi connectivity index (χ0v) is 12.0. The van der Waals surface area contributed by atoms with Gasteiger partial charge in [-0.15, -0.1) is 0 Å². The number of hydrogen-bond donors (Lipinski definition) is 0. The van der Waals surface area contributed by atoms with Gasteiger partial charge in [-0.25, -0.2) is 4.39 Å². The number of hydrogen-bond acceptors (Lipinski definition) is 2. The quantitative estimate of drug-likeness (QED) is 0.790. The van der Waals surface area contributed by atoms with Gasteiger partial charge in [0.15, 0.2) is 0 Å². The van der Waals surface area contributed by atoms with Crippen LogP contribution in [-0.4, -0.2) is 17.6 Å². The van der Waals surface area contributed by atoms with Crippen LogP contribution in [0, 0.1) is 5.82 Å². The van der Waals surface area contributed by atoms with Gasteiger partial charge in [-0.1, -0.05) is 0 Å². The first-order valence-corrected chi connectivity index (χ1v) is 6.94. The van der Waals surface area contributed by atoms with Crippen molar-refractivity contribution in [2.45, 2.75) is 25.3 Å². The van der Waals surface area contributed by atoms with E-state index in [2.05, 4.69) is 20.5 Å². The van der Waals surface area contributed by atoms with Crippen LogP contribution in [0.25, 0.3) is 10.9 Å². The Labute approximate surface area is 118 Å². The van der Waals surface area contributed by atoms with Gasteiger partial charge in [0, 0.05) is 28.0 Å². The van der Waals surface area contributed by atoms with Gasteiger partial charge in [-0.05, 0) is 40.5 Å². The summed E-state index contributed by atoms with van der Waals surface area (Å²) in [5, 5.41) is 0.992. The number of benzene rings is 1. The second kappa shape index (κ2) is 4.63. The lowest BCUT2D eigenvalue weighted by Crippen LogP contribution is -2.06. The first kappa shape index (κ1) is 12.7. The van der Waals surface area contributed by atoms with Gasteiger partial charge in [0.05, 0.1) is 19.0 Å². The molecule has 0 radical (unpaired) electrons. The van der Waals surface area contributed by atoms with Crippen molar-refractivity contribution in [2.24, 2.45) is 0 Å². The fourth-order valence-corrected chi connectivity index (χ4v) is 3.35. The molecule has 1 aromatic heterocycles. The predicted molar refractivity (Wildman–Crippen MR) is 73.6 cm³/mol. The summed E-state index contributed by atoms with van der Waals surface area (Å²) < 4.78 is 21.1. The molecule has 0 fully saturated rings. The third-order valence-electron chi connectivity index (χ3n) is 3.73. The van der Waals surface area contributed by atoms with Crippen molar-refractivity contribution in [3.05, 3.63) is 34.2 Å². The van der Waals surface area contributed by atoms with Crippen molar-refractivity contribution in [1.29, 1.82) is 0 Å². The summed E-state index contributed by atoms with van der Waals surface area (Å²) in [5.41, 5.74) is 1.97. The molecule has 1 atom stereocenters. The highest BCUT2D eigenvalue weighted by molar-refractivity contribution is 9.10. The molecule has 100 valence electrons. The average Bonchev–Trinajstić information content (AvgIpc) is 2.90. The van der Waals surface area contributed by atoms with Crippen LogP contribution < -0.4 is 0 Å². The molecule has 2 heterocycles. The molecule has 1 aliphatic heterocycles. The van der Waals surface area contributed by atoms with Gasteiger partial charge >= 0.3 is 5.97 Å². The van der Waals surface area contributed by atoms with Crippen molar-refractivity contribution in [1.82, 2.24) is 4.57 Å². The lowest BCUT2D eigenvalue weighted by atomic mass is 10.0. The maximum absolute atomic E-state index is 13.5. The number of carbonyl (C=O) groups excluding carboxylic acids is 1. The summed E-state index contributed by atoms with van der Waals surface area (Å²) in [6.45, 7) is 0.816. The van der Waals surface area contributed by atoms with Crippen LogP contribution >= 0.6 is 15.9 Å². The number of methoxy groups -OCH3 is 1. The highest BCUT2D eigenvalue weighted by Crippen LogP contribution is 2.38. The fraction of sp³-hybridized carbons (Fsp3) is 0.357. The summed E-state index contributed by atoms with van der Waals surface area (Å²) in [5.74, 6) is -0.291. The zero-order valence-electron chi connectivity index (χ0n) is 10.5. The third-order valence-corrected chi connectivity index (χ3v) is 4.38. The molecule has 0 saturated carbocycles. The van der Waals surface area contributed by atoms with E-state index in [1.54, 1.807) is 6.07 Å². The van der Waals surface area contributed by atoms with E-state index >= 15 is 0 Å². The third kappa shape index (κ3) is 2.06. The van der Waals surface area contributed by atoms with E-state index in [4.69, 9.17) is 4.74 Å². The Morgan fingerprint density at radius 1 is 1.53 bits per heavy atom. The van der Waals surface area contributed by atoms with E-state index in [9.17, 15) is 9.18 Å². The molecule has 3 nitrogen and oxygen atoms in total. The van der Waals surface area contributed by atoms with E-state index in [-0.39, 0.29) is 17.7 Å². The Morgan fingerprint density at radius 3 is 3.05 bits per heavy atom. The van der Waals surface area contributed by atoms with Crippen molar-refractivity contribution < 1.29 is 13.9 Å². The molecule has 0 spiro atoms. The van der Waals surface area contributed by atoms with Crippen LogP contribution in [0.4, 0.5) is 4.39 Å². The molecule has 0 bridgehead atoms. The van der Waals surface area contributed by atoms with Gasteiger partial charge in [0.25, 0.3) is 0 Å². The molecular formula is C14H13BrFNO2. The number of ether oxygens (including phenoxy) is 1. The summed E-state index contributed by atoms with van der Waals surface area (Å²) in [6, 6.07) is 5.05. The molecule has 3 rings (SSSR count). The van der Waals surface area contributed by atoms with E-state index in [1.807, 2.05) is 6.07 Å². The predicted octanol–water partition coefficient (Wildman–Crippen LogP) is 3.59. The van der Waals surface area contributed by atoms with Crippen molar-refractivity contribution in [3.63, 3.8) is 0 Å². The fourth-order valence-electron chi connectivity index (χ4n) is 2.81. The molecule has 19 heavy (non-hydrogen) atoms. The highest BCUT2D eigenvalue weighted by Gasteiger charge is 2.27. The molecule has 0 amide bonds. The molecule has 1 aromatic carbocycles. The normalized spacial score (nSPS) is 17.7. The topological polar surface area (TPSA) is 31.2 Å². The Kier molecular flexibility index (Phi) is 3.09. The molecule has 0 N–H and O–H groups in total. The van der Waals surface area contributed by atoms with Gasteiger partial charge in [-0.3, -0.25) is 4.79 Å². The minimum atomic E-state index is -0.253. The molecule has 2 aromatic rings. The van der Waals surface area contributed by atoms with Crippen molar-refractivity contribution >= 4 is 32.8 Å². The highest BCUT2D eigenvalue weighted by atomic mass is 79.9. The molecule has 0 saturated heterocycles. The molecule has 1 aliphatic rings. The number of aryl methyl sites for hydroxylation is 1. The minimum absolute atomic E-state index is 0.162. The van der Waals surface area contributed by atoms with E-state index in [0.29, 0.717) is 6.42 Å². The number of rotatable bonds is 2. The number of esters is 1. The van der Waals surface area contributed by atoms with E-state index < -0.39 is 0 Å². The second-order valence-electron chi connectivity index (χ2n) is 4.81. The van der Waals surface area contributed by atoms with Crippen LogP contribution in [0.2, 0.25) is 0 Å². The maximum Gasteiger partial charge on any atom is 0.306 e. The number of halogens is 2. The first-order chi connectivity index (χ1) is 9.10. The second-order valence-corrected chi connectivity index (χ2v) is 5.66. The number of aromatic nitrogens is 1. The van der Waals surface area contributed by atoms with Crippen molar-refractivity contribution in [2.75, 3.05) is 7.11 Å². The van der Waals surface area contributed by atoms with Crippen LogP contribution in [0.3, 0.4) is 0 Å². The van der Waals surface area contributed by atoms with Gasteiger partial charge in [0.1, 0.15) is 5.82 Å². The van der Waals surface area contributed by atoms with Crippen LogP contribution in [0.15, 0.2) is 22.7 Å². The smallest absolute Gasteiger partial charge is 0.306 e. The molecule has 0 unspecified atom stereocenters. The summed E-state index contributed by atoms with van der Waals surface area (Å²) in [4.78, 5) is 11.4. The van der Waals surface area contributed by atoms with Crippen LogP contribution in [0.5, 0.6) is 0 Å². The maximum atomic E-state index is 13.5. The van der Waals surface area contributed by atoms with Crippen LogP contribution in [-0.2, 0) is 16.1 Å². The summed E-state index contributed by atoms with van der Waals surface area (Å²) in [7, 11) is 1.40. The lowest BCUT2D eigenvalue weighted by molar-refractivity contribution is -0.141. The molecule has 5 heteroatoms. The molecule has 0 aliphatic carbocycles. The average molecular weight is 326 g/mol. The Bertz CT molecular complexity index is 665. The summed E-state index contributed by atoms with van der Waals surface area (Å²) in [6.07, 6.45) is 1.28. The zero-order chi connectivity index (χ0) is 13.6. The van der Waals surface area contributed by atoms with Crippen molar-refractivity contribution in [3.8, 4) is 0 Å². The standard InChI is InChI=1S/C14H13BrFNO2/c1-19-14(18)4-8-2-3-17-12(8)7-10-11(15)5-9(16)6-13(10)17/h5-8H,2-4H2,1H3/t8-/m1/s1. The number of fused-ring (bicyclic) bond motifs is 3. The first-order valence-electron chi connectivity index (χ1n) is 6.15. The molecular weight excluding hydrogens is 313 g/mol. The lowest BCUT2D eigenvalue weighted by Gasteiger charge is -2.06. The van der Waals surface area contributed by atoms with E-state index in [1.165, 1.54) is 13.2 Å². The Morgan fingerprint density at radius 2 is 2.32 bits per heavy atom. The Balaban J connectivity index is 2.07. The van der Waals surface area contributed by atoms with Crippen LogP contribution in [0.1, 0.15) is 24.5 Å².